The third kappa shape index (κ3) is 6.17. The maximum absolute atomic E-state index is 11.8. The number of rotatable bonds is 9. The first-order valence-corrected chi connectivity index (χ1v) is 6.28. The van der Waals surface area contributed by atoms with Crippen LogP contribution in [-0.4, -0.2) is 5.78 Å². The average Bonchev–Trinajstić information content (AvgIpc) is 2.19. The Kier molecular flexibility index (Phi) is 9.02. The fourth-order valence-electron chi connectivity index (χ4n) is 1.80. The summed E-state index contributed by atoms with van der Waals surface area (Å²) < 4.78 is 0. The van der Waals surface area contributed by atoms with Crippen LogP contribution in [0.3, 0.4) is 0 Å². The fourth-order valence-corrected chi connectivity index (χ4v) is 1.80. The lowest BCUT2D eigenvalue weighted by atomic mass is 9.92. The lowest BCUT2D eigenvalue weighted by Gasteiger charge is -2.12. The zero-order valence-corrected chi connectivity index (χ0v) is 10.1. The molecule has 0 amide bonds. The first-order chi connectivity index (χ1) is 6.76. The summed E-state index contributed by atoms with van der Waals surface area (Å²) in [7, 11) is 0. The van der Waals surface area contributed by atoms with Crippen LogP contribution in [0.25, 0.3) is 0 Å². The van der Waals surface area contributed by atoms with Crippen LogP contribution in [0.1, 0.15) is 72.1 Å². The molecule has 0 heterocycles. The van der Waals surface area contributed by atoms with E-state index in [0.717, 1.165) is 25.7 Å². The van der Waals surface area contributed by atoms with Gasteiger partial charge in [-0.05, 0) is 19.3 Å². The minimum atomic E-state index is 0.354. The molecule has 0 aromatic carbocycles. The Balaban J connectivity index is 3.67. The molecule has 1 heteroatoms. The third-order valence-electron chi connectivity index (χ3n) is 2.88. The molecule has 1 unspecified atom stereocenters. The summed E-state index contributed by atoms with van der Waals surface area (Å²) in [4.78, 5) is 11.8. The fraction of sp³-hybridized carbons (Fsp3) is 0.923. The standard InChI is InChI=1S/C13H26O/c1-4-7-9-11-13(14)12(6-3)10-8-5-2/h12H,4-11H2,1-3H3. The van der Waals surface area contributed by atoms with E-state index >= 15 is 0 Å². The second kappa shape index (κ2) is 9.23. The molecule has 0 aliphatic heterocycles. The summed E-state index contributed by atoms with van der Waals surface area (Å²) in [6.45, 7) is 6.51. The van der Waals surface area contributed by atoms with E-state index in [1.54, 1.807) is 0 Å². The van der Waals surface area contributed by atoms with Crippen LogP contribution in [-0.2, 0) is 4.79 Å². The van der Waals surface area contributed by atoms with Crippen molar-refractivity contribution in [3.8, 4) is 0 Å². The van der Waals surface area contributed by atoms with Gasteiger partial charge in [-0.3, -0.25) is 4.79 Å². The summed E-state index contributed by atoms with van der Waals surface area (Å²) in [5.41, 5.74) is 0. The number of unbranched alkanes of at least 4 members (excludes halogenated alkanes) is 3. The molecule has 0 bridgehead atoms. The van der Waals surface area contributed by atoms with E-state index in [1.807, 2.05) is 0 Å². The summed E-state index contributed by atoms with van der Waals surface area (Å²) in [5.74, 6) is 0.862. The van der Waals surface area contributed by atoms with Crippen molar-refractivity contribution in [2.24, 2.45) is 5.92 Å². The lowest BCUT2D eigenvalue weighted by Crippen LogP contribution is -2.13. The van der Waals surface area contributed by atoms with Gasteiger partial charge < -0.3 is 0 Å². The molecule has 0 saturated carbocycles. The van der Waals surface area contributed by atoms with Crippen molar-refractivity contribution in [3.63, 3.8) is 0 Å². The van der Waals surface area contributed by atoms with Crippen LogP contribution in [0, 0.1) is 5.92 Å². The van der Waals surface area contributed by atoms with Crippen LogP contribution >= 0.6 is 0 Å². The van der Waals surface area contributed by atoms with E-state index in [2.05, 4.69) is 20.8 Å². The monoisotopic (exact) mass is 198 g/mol. The van der Waals surface area contributed by atoms with Gasteiger partial charge >= 0.3 is 0 Å². The van der Waals surface area contributed by atoms with E-state index in [0.29, 0.717) is 11.7 Å². The number of hydrogen-bond acceptors (Lipinski definition) is 1. The van der Waals surface area contributed by atoms with Gasteiger partial charge in [-0.15, -0.1) is 0 Å². The molecule has 0 spiro atoms. The molecule has 0 aliphatic rings. The Bertz CT molecular complexity index is 140. The highest BCUT2D eigenvalue weighted by Crippen LogP contribution is 2.16. The molecule has 14 heavy (non-hydrogen) atoms. The molecule has 84 valence electrons. The van der Waals surface area contributed by atoms with E-state index in [9.17, 15) is 4.79 Å². The quantitative estimate of drug-likeness (QED) is 0.503. The van der Waals surface area contributed by atoms with E-state index in [1.165, 1.54) is 25.7 Å². The van der Waals surface area contributed by atoms with Gasteiger partial charge in [-0.2, -0.15) is 0 Å². The predicted molar refractivity (Wildman–Crippen MR) is 62.5 cm³/mol. The van der Waals surface area contributed by atoms with Crippen LogP contribution in [0.5, 0.6) is 0 Å². The molecule has 1 nitrogen and oxygen atoms in total. The van der Waals surface area contributed by atoms with Crippen molar-refractivity contribution in [3.05, 3.63) is 0 Å². The van der Waals surface area contributed by atoms with Crippen LogP contribution in [0.4, 0.5) is 0 Å². The Morgan fingerprint density at radius 3 is 2.14 bits per heavy atom. The Hall–Kier alpha value is -0.330. The molecule has 0 rings (SSSR count). The number of hydrogen-bond donors (Lipinski definition) is 0. The molecule has 0 N–H and O–H groups in total. The first-order valence-electron chi connectivity index (χ1n) is 6.28. The second-order valence-electron chi connectivity index (χ2n) is 4.17. The lowest BCUT2D eigenvalue weighted by molar-refractivity contribution is -0.123. The molecule has 0 fully saturated rings. The zero-order chi connectivity index (χ0) is 10.8. The minimum absolute atomic E-state index is 0.354. The van der Waals surface area contributed by atoms with Crippen molar-refractivity contribution in [1.82, 2.24) is 0 Å². The summed E-state index contributed by atoms with van der Waals surface area (Å²) in [6, 6.07) is 0. The zero-order valence-electron chi connectivity index (χ0n) is 10.1. The Morgan fingerprint density at radius 1 is 1.00 bits per heavy atom. The number of carbonyl (C=O) groups is 1. The molecule has 1 atom stereocenters. The Labute approximate surface area is 89.3 Å². The number of Topliss-reactive ketones (excluding diaryl/α,β-unsaturated/α-hetero) is 1. The van der Waals surface area contributed by atoms with Gasteiger partial charge in [0.15, 0.2) is 0 Å². The highest BCUT2D eigenvalue weighted by Gasteiger charge is 2.14. The van der Waals surface area contributed by atoms with Gasteiger partial charge in [-0.1, -0.05) is 46.5 Å². The molecule has 0 aliphatic carbocycles. The van der Waals surface area contributed by atoms with Gasteiger partial charge in [0.05, 0.1) is 0 Å². The topological polar surface area (TPSA) is 17.1 Å². The molecule has 0 radical (unpaired) electrons. The first kappa shape index (κ1) is 13.7. The largest absolute Gasteiger partial charge is 0.299 e. The van der Waals surface area contributed by atoms with Gasteiger partial charge in [0, 0.05) is 12.3 Å². The van der Waals surface area contributed by atoms with E-state index in [-0.39, 0.29) is 0 Å². The SMILES string of the molecule is CCCCCC(=O)C(CC)CCCC. The van der Waals surface area contributed by atoms with Crippen molar-refractivity contribution >= 4 is 5.78 Å². The number of carbonyl (C=O) groups excluding carboxylic acids is 1. The summed E-state index contributed by atoms with van der Waals surface area (Å²) >= 11 is 0. The summed E-state index contributed by atoms with van der Waals surface area (Å²) in [6.07, 6.45) is 8.88. The molecule has 0 saturated heterocycles. The summed E-state index contributed by atoms with van der Waals surface area (Å²) in [5, 5.41) is 0. The van der Waals surface area contributed by atoms with Crippen LogP contribution in [0.2, 0.25) is 0 Å². The van der Waals surface area contributed by atoms with Crippen molar-refractivity contribution in [2.45, 2.75) is 72.1 Å². The second-order valence-corrected chi connectivity index (χ2v) is 4.17. The average molecular weight is 198 g/mol. The van der Waals surface area contributed by atoms with Gasteiger partial charge in [0.1, 0.15) is 5.78 Å². The highest BCUT2D eigenvalue weighted by atomic mass is 16.1. The van der Waals surface area contributed by atoms with E-state index in [4.69, 9.17) is 0 Å². The highest BCUT2D eigenvalue weighted by molar-refractivity contribution is 5.80. The van der Waals surface area contributed by atoms with Gasteiger partial charge in [-0.25, -0.2) is 0 Å². The van der Waals surface area contributed by atoms with Crippen LogP contribution < -0.4 is 0 Å². The van der Waals surface area contributed by atoms with Gasteiger partial charge in [0.25, 0.3) is 0 Å². The van der Waals surface area contributed by atoms with Crippen molar-refractivity contribution in [1.29, 1.82) is 0 Å². The van der Waals surface area contributed by atoms with Crippen LogP contribution in [0.15, 0.2) is 0 Å². The minimum Gasteiger partial charge on any atom is -0.299 e. The molecule has 0 aromatic rings. The third-order valence-corrected chi connectivity index (χ3v) is 2.88. The predicted octanol–water partition coefficient (Wildman–Crippen LogP) is 4.35. The van der Waals surface area contributed by atoms with Crippen molar-refractivity contribution < 1.29 is 4.79 Å². The van der Waals surface area contributed by atoms with Gasteiger partial charge in [0.2, 0.25) is 0 Å². The van der Waals surface area contributed by atoms with Crippen molar-refractivity contribution in [2.75, 3.05) is 0 Å². The number of ketones is 1. The smallest absolute Gasteiger partial charge is 0.135 e. The Morgan fingerprint density at radius 2 is 1.64 bits per heavy atom. The molecule has 0 aromatic heterocycles. The molecular formula is C13H26O. The molecular weight excluding hydrogens is 172 g/mol. The maximum Gasteiger partial charge on any atom is 0.135 e. The maximum atomic E-state index is 11.8. The van der Waals surface area contributed by atoms with E-state index < -0.39 is 0 Å². The normalized spacial score (nSPS) is 12.8.